The zero-order valence-corrected chi connectivity index (χ0v) is 17.0. The van der Waals surface area contributed by atoms with Crippen molar-refractivity contribution in [3.63, 3.8) is 0 Å². The molecule has 1 heteroatoms. The topological polar surface area (TPSA) is 20.2 Å². The van der Waals surface area contributed by atoms with Crippen LogP contribution in [0, 0.1) is 6.92 Å². The standard InChI is InChI=1S/C27H28O/c1-18(2)20-8-10-22(11-9-20)27-25(21-12-14-24(28)15-13-21)6-4-5-23-17-19(3)7-16-26(23)27/h7-18,28H,4-6H2,1-3H3. The van der Waals surface area contributed by atoms with Crippen LogP contribution in [0.15, 0.2) is 66.7 Å². The van der Waals surface area contributed by atoms with Crippen LogP contribution >= 0.6 is 0 Å². The molecular weight excluding hydrogens is 340 g/mol. The van der Waals surface area contributed by atoms with E-state index in [0.29, 0.717) is 11.7 Å². The molecule has 1 aliphatic rings. The predicted molar refractivity (Wildman–Crippen MR) is 119 cm³/mol. The lowest BCUT2D eigenvalue weighted by Crippen LogP contribution is -1.97. The monoisotopic (exact) mass is 368 g/mol. The molecule has 142 valence electrons. The van der Waals surface area contributed by atoms with Crippen LogP contribution in [-0.2, 0) is 6.42 Å². The van der Waals surface area contributed by atoms with Gasteiger partial charge in [0.15, 0.2) is 0 Å². The third-order valence-corrected chi connectivity index (χ3v) is 5.79. The van der Waals surface area contributed by atoms with Crippen LogP contribution in [0.5, 0.6) is 5.75 Å². The van der Waals surface area contributed by atoms with Gasteiger partial charge in [0.2, 0.25) is 0 Å². The van der Waals surface area contributed by atoms with E-state index in [9.17, 15) is 5.11 Å². The van der Waals surface area contributed by atoms with Crippen molar-refractivity contribution in [2.24, 2.45) is 0 Å². The molecule has 28 heavy (non-hydrogen) atoms. The quantitative estimate of drug-likeness (QED) is 0.522. The summed E-state index contributed by atoms with van der Waals surface area (Å²) < 4.78 is 0. The Morgan fingerprint density at radius 1 is 0.786 bits per heavy atom. The average Bonchev–Trinajstić information content (AvgIpc) is 2.87. The molecule has 0 bridgehead atoms. The average molecular weight is 369 g/mol. The SMILES string of the molecule is Cc1ccc2c(c1)CCCC(c1ccc(O)cc1)=C2c1ccc(C(C)C)cc1. The highest BCUT2D eigenvalue weighted by molar-refractivity contribution is 6.00. The lowest BCUT2D eigenvalue weighted by atomic mass is 9.86. The summed E-state index contributed by atoms with van der Waals surface area (Å²) in [5.74, 6) is 0.848. The number of aromatic hydroxyl groups is 1. The van der Waals surface area contributed by atoms with Crippen LogP contribution in [0.4, 0.5) is 0 Å². The van der Waals surface area contributed by atoms with Gasteiger partial charge >= 0.3 is 0 Å². The Morgan fingerprint density at radius 2 is 1.46 bits per heavy atom. The van der Waals surface area contributed by atoms with Gasteiger partial charge in [0, 0.05) is 0 Å². The second-order valence-corrected chi connectivity index (χ2v) is 8.19. The first-order chi connectivity index (χ1) is 13.5. The fourth-order valence-electron chi connectivity index (χ4n) is 4.23. The van der Waals surface area contributed by atoms with Gasteiger partial charge in [0.25, 0.3) is 0 Å². The summed E-state index contributed by atoms with van der Waals surface area (Å²) in [7, 11) is 0. The van der Waals surface area contributed by atoms with E-state index in [4.69, 9.17) is 0 Å². The van der Waals surface area contributed by atoms with Crippen LogP contribution in [0.2, 0.25) is 0 Å². The number of phenolic OH excluding ortho intramolecular Hbond substituents is 1. The number of allylic oxidation sites excluding steroid dienone is 1. The Bertz CT molecular complexity index is 1010. The highest BCUT2D eigenvalue weighted by Crippen LogP contribution is 2.40. The summed E-state index contributed by atoms with van der Waals surface area (Å²) in [4.78, 5) is 0. The number of benzene rings is 3. The third-order valence-electron chi connectivity index (χ3n) is 5.79. The fourth-order valence-corrected chi connectivity index (χ4v) is 4.23. The molecule has 0 fully saturated rings. The summed E-state index contributed by atoms with van der Waals surface area (Å²) in [6.07, 6.45) is 3.28. The Hall–Kier alpha value is -2.80. The maximum atomic E-state index is 9.75. The van der Waals surface area contributed by atoms with E-state index < -0.39 is 0 Å². The summed E-state index contributed by atoms with van der Waals surface area (Å²) in [6, 6.07) is 23.6. The van der Waals surface area contributed by atoms with Crippen LogP contribution in [0.1, 0.15) is 66.0 Å². The summed E-state index contributed by atoms with van der Waals surface area (Å²) in [6.45, 7) is 6.65. The van der Waals surface area contributed by atoms with Gasteiger partial charge in [0.05, 0.1) is 0 Å². The molecule has 0 saturated carbocycles. The van der Waals surface area contributed by atoms with E-state index in [2.05, 4.69) is 63.2 Å². The predicted octanol–water partition coefficient (Wildman–Crippen LogP) is 7.12. The van der Waals surface area contributed by atoms with E-state index in [1.54, 1.807) is 12.1 Å². The molecule has 0 amide bonds. The van der Waals surface area contributed by atoms with Crippen molar-refractivity contribution in [1.82, 2.24) is 0 Å². The molecule has 0 unspecified atom stereocenters. The molecule has 3 aromatic carbocycles. The number of aryl methyl sites for hydroxylation is 2. The minimum atomic E-state index is 0.317. The second-order valence-electron chi connectivity index (χ2n) is 8.19. The molecule has 0 spiro atoms. The largest absolute Gasteiger partial charge is 0.508 e. The second kappa shape index (κ2) is 7.67. The van der Waals surface area contributed by atoms with Gasteiger partial charge in [-0.15, -0.1) is 0 Å². The van der Waals surface area contributed by atoms with E-state index in [0.717, 1.165) is 19.3 Å². The zero-order valence-electron chi connectivity index (χ0n) is 17.0. The van der Waals surface area contributed by atoms with Crippen molar-refractivity contribution in [2.45, 2.75) is 46.0 Å². The van der Waals surface area contributed by atoms with Crippen molar-refractivity contribution in [1.29, 1.82) is 0 Å². The first-order valence-corrected chi connectivity index (χ1v) is 10.3. The normalized spacial score (nSPS) is 14.1. The summed E-state index contributed by atoms with van der Waals surface area (Å²) >= 11 is 0. The highest BCUT2D eigenvalue weighted by atomic mass is 16.3. The Balaban J connectivity index is 1.95. The van der Waals surface area contributed by atoms with Gasteiger partial charge < -0.3 is 5.11 Å². The van der Waals surface area contributed by atoms with Gasteiger partial charge in [-0.25, -0.2) is 0 Å². The zero-order chi connectivity index (χ0) is 19.7. The van der Waals surface area contributed by atoms with Crippen molar-refractivity contribution in [3.05, 3.63) is 100 Å². The maximum absolute atomic E-state index is 9.75. The van der Waals surface area contributed by atoms with Crippen LogP contribution in [-0.4, -0.2) is 5.11 Å². The molecule has 0 radical (unpaired) electrons. The van der Waals surface area contributed by atoms with E-state index >= 15 is 0 Å². The van der Waals surface area contributed by atoms with Gasteiger partial charge in [-0.05, 0) is 83.2 Å². The van der Waals surface area contributed by atoms with Crippen molar-refractivity contribution >= 4 is 11.1 Å². The van der Waals surface area contributed by atoms with E-state index in [1.807, 2.05) is 12.1 Å². The molecule has 1 N–H and O–H groups in total. The molecule has 0 aliphatic heterocycles. The van der Waals surface area contributed by atoms with Gasteiger partial charge in [-0.1, -0.05) is 74.0 Å². The molecule has 0 heterocycles. The smallest absolute Gasteiger partial charge is 0.115 e. The highest BCUT2D eigenvalue weighted by Gasteiger charge is 2.20. The molecule has 3 aromatic rings. The Labute approximate surface area is 168 Å². The van der Waals surface area contributed by atoms with Crippen molar-refractivity contribution in [2.75, 3.05) is 0 Å². The number of phenols is 1. The number of rotatable bonds is 3. The molecular formula is C27H28O. The van der Waals surface area contributed by atoms with Gasteiger partial charge in [0.1, 0.15) is 5.75 Å². The first-order valence-electron chi connectivity index (χ1n) is 10.3. The maximum Gasteiger partial charge on any atom is 0.115 e. The van der Waals surface area contributed by atoms with Gasteiger partial charge in [-0.2, -0.15) is 0 Å². The Morgan fingerprint density at radius 3 is 2.14 bits per heavy atom. The number of fused-ring (bicyclic) bond motifs is 1. The molecule has 4 rings (SSSR count). The molecule has 1 nitrogen and oxygen atoms in total. The minimum Gasteiger partial charge on any atom is -0.508 e. The van der Waals surface area contributed by atoms with Crippen LogP contribution in [0.25, 0.3) is 11.1 Å². The lowest BCUT2D eigenvalue weighted by molar-refractivity contribution is 0.475. The number of hydrogen-bond acceptors (Lipinski definition) is 1. The molecule has 1 aliphatic carbocycles. The van der Waals surface area contributed by atoms with Crippen molar-refractivity contribution in [3.8, 4) is 5.75 Å². The Kier molecular flexibility index (Phi) is 5.09. The third kappa shape index (κ3) is 3.62. The van der Waals surface area contributed by atoms with Crippen molar-refractivity contribution < 1.29 is 5.11 Å². The minimum absolute atomic E-state index is 0.317. The lowest BCUT2D eigenvalue weighted by Gasteiger charge is -2.18. The van der Waals surface area contributed by atoms with Crippen LogP contribution in [0.3, 0.4) is 0 Å². The fraction of sp³-hybridized carbons (Fsp3) is 0.259. The van der Waals surface area contributed by atoms with Crippen LogP contribution < -0.4 is 0 Å². The molecule has 0 aromatic heterocycles. The van der Waals surface area contributed by atoms with E-state index in [1.165, 1.54) is 44.5 Å². The first kappa shape index (κ1) is 18.6. The summed E-state index contributed by atoms with van der Waals surface area (Å²) in [5.41, 5.74) is 10.7. The molecule has 0 atom stereocenters. The van der Waals surface area contributed by atoms with E-state index in [-0.39, 0.29) is 0 Å². The number of hydrogen-bond donors (Lipinski definition) is 1. The molecule has 0 saturated heterocycles. The summed E-state index contributed by atoms with van der Waals surface area (Å²) in [5, 5.41) is 9.75. The van der Waals surface area contributed by atoms with Gasteiger partial charge in [-0.3, -0.25) is 0 Å².